The Kier molecular flexibility index (Phi) is 6.10. The Morgan fingerprint density at radius 3 is 2.47 bits per heavy atom. The molecule has 0 aromatic rings. The standard InChI is InChI=1S/C11H21NO5S2/c1-2-11(7-13,8-14)12-10(15)5-18-9-3-4-19(16,17)6-9/h9,13-14H,2-8H2,1H3,(H,12,15). The van der Waals surface area contributed by atoms with E-state index in [1.165, 1.54) is 11.8 Å². The molecule has 1 aliphatic heterocycles. The minimum atomic E-state index is -2.93. The molecular weight excluding hydrogens is 290 g/mol. The summed E-state index contributed by atoms with van der Waals surface area (Å²) in [6.07, 6.45) is 1.01. The van der Waals surface area contributed by atoms with Gasteiger partial charge in [-0.3, -0.25) is 4.79 Å². The van der Waals surface area contributed by atoms with Crippen LogP contribution in [-0.4, -0.2) is 65.8 Å². The van der Waals surface area contributed by atoms with Crippen LogP contribution in [0.2, 0.25) is 0 Å². The largest absolute Gasteiger partial charge is 0.394 e. The highest BCUT2D eigenvalue weighted by molar-refractivity contribution is 8.02. The predicted molar refractivity (Wildman–Crippen MR) is 74.9 cm³/mol. The fourth-order valence-electron chi connectivity index (χ4n) is 1.86. The van der Waals surface area contributed by atoms with E-state index >= 15 is 0 Å². The van der Waals surface area contributed by atoms with Gasteiger partial charge in [-0.25, -0.2) is 8.42 Å². The molecule has 19 heavy (non-hydrogen) atoms. The van der Waals surface area contributed by atoms with Gasteiger partial charge in [-0.2, -0.15) is 0 Å². The van der Waals surface area contributed by atoms with Gasteiger partial charge in [-0.15, -0.1) is 11.8 Å². The summed E-state index contributed by atoms with van der Waals surface area (Å²) < 4.78 is 22.5. The molecule has 1 atom stereocenters. The van der Waals surface area contributed by atoms with E-state index in [0.29, 0.717) is 12.8 Å². The number of sulfone groups is 1. The first-order chi connectivity index (χ1) is 8.86. The van der Waals surface area contributed by atoms with Crippen molar-refractivity contribution in [1.29, 1.82) is 0 Å². The van der Waals surface area contributed by atoms with Crippen molar-refractivity contribution < 1.29 is 23.4 Å². The molecule has 1 fully saturated rings. The molecule has 0 aromatic heterocycles. The highest BCUT2D eigenvalue weighted by Gasteiger charge is 2.31. The highest BCUT2D eigenvalue weighted by atomic mass is 32.2. The summed E-state index contributed by atoms with van der Waals surface area (Å²) in [6, 6.07) is 0. The second kappa shape index (κ2) is 6.92. The first kappa shape index (κ1) is 16.7. The SMILES string of the molecule is CCC(CO)(CO)NC(=O)CSC1CCS(=O)(=O)C1. The van der Waals surface area contributed by atoms with Gasteiger partial charge in [0.25, 0.3) is 0 Å². The number of nitrogens with one attached hydrogen (secondary N) is 1. The topological polar surface area (TPSA) is 104 Å². The summed E-state index contributed by atoms with van der Waals surface area (Å²) in [7, 11) is -2.93. The minimum Gasteiger partial charge on any atom is -0.394 e. The van der Waals surface area contributed by atoms with Crippen LogP contribution in [0.3, 0.4) is 0 Å². The maximum atomic E-state index is 11.7. The Morgan fingerprint density at radius 2 is 2.05 bits per heavy atom. The number of thioether (sulfide) groups is 1. The van der Waals surface area contributed by atoms with Crippen LogP contribution in [0.1, 0.15) is 19.8 Å². The first-order valence-electron chi connectivity index (χ1n) is 6.21. The zero-order chi connectivity index (χ0) is 14.5. The number of hydrogen-bond acceptors (Lipinski definition) is 6. The second-order valence-corrected chi connectivity index (χ2v) is 8.35. The molecule has 1 unspecified atom stereocenters. The number of rotatable bonds is 7. The first-order valence-corrected chi connectivity index (χ1v) is 9.08. The number of aliphatic hydroxyl groups excluding tert-OH is 2. The Morgan fingerprint density at radius 1 is 1.42 bits per heavy atom. The quantitative estimate of drug-likeness (QED) is 0.566. The summed E-state index contributed by atoms with van der Waals surface area (Å²) >= 11 is 1.31. The predicted octanol–water partition coefficient (Wildman–Crippen LogP) is -0.844. The van der Waals surface area contributed by atoms with E-state index in [1.54, 1.807) is 6.92 Å². The van der Waals surface area contributed by atoms with Crippen LogP contribution < -0.4 is 5.32 Å². The fourth-order valence-corrected chi connectivity index (χ4v) is 5.30. The van der Waals surface area contributed by atoms with Crippen molar-refractivity contribution in [3.63, 3.8) is 0 Å². The minimum absolute atomic E-state index is 0.0324. The van der Waals surface area contributed by atoms with Gasteiger partial charge < -0.3 is 15.5 Å². The van der Waals surface area contributed by atoms with E-state index in [0.717, 1.165) is 0 Å². The van der Waals surface area contributed by atoms with E-state index < -0.39 is 15.4 Å². The zero-order valence-electron chi connectivity index (χ0n) is 11.0. The lowest BCUT2D eigenvalue weighted by Gasteiger charge is -2.29. The molecule has 1 heterocycles. The van der Waals surface area contributed by atoms with Gasteiger partial charge in [0, 0.05) is 5.25 Å². The molecule has 0 saturated carbocycles. The van der Waals surface area contributed by atoms with E-state index in [9.17, 15) is 23.4 Å². The van der Waals surface area contributed by atoms with Crippen LogP contribution in [0.25, 0.3) is 0 Å². The van der Waals surface area contributed by atoms with Gasteiger partial charge >= 0.3 is 0 Å². The van der Waals surface area contributed by atoms with Crippen LogP contribution in [0.15, 0.2) is 0 Å². The van der Waals surface area contributed by atoms with Crippen LogP contribution >= 0.6 is 11.8 Å². The molecule has 0 spiro atoms. The van der Waals surface area contributed by atoms with Gasteiger partial charge in [0.05, 0.1) is 36.0 Å². The monoisotopic (exact) mass is 311 g/mol. The van der Waals surface area contributed by atoms with E-state index in [4.69, 9.17) is 0 Å². The average Bonchev–Trinajstić information content (AvgIpc) is 2.73. The smallest absolute Gasteiger partial charge is 0.230 e. The van der Waals surface area contributed by atoms with E-state index in [2.05, 4.69) is 5.32 Å². The van der Waals surface area contributed by atoms with Crippen LogP contribution in [-0.2, 0) is 14.6 Å². The number of hydrogen-bond donors (Lipinski definition) is 3. The van der Waals surface area contributed by atoms with Crippen molar-refractivity contribution in [3.8, 4) is 0 Å². The lowest BCUT2D eigenvalue weighted by molar-refractivity contribution is -0.121. The Hall–Kier alpha value is -0.310. The number of carbonyl (C=O) groups excluding carboxylic acids is 1. The molecule has 1 saturated heterocycles. The lowest BCUT2D eigenvalue weighted by atomic mass is 9.99. The van der Waals surface area contributed by atoms with Gasteiger partial charge in [0.15, 0.2) is 9.84 Å². The molecule has 0 radical (unpaired) electrons. The molecule has 1 aliphatic rings. The molecular formula is C11H21NO5S2. The third-order valence-electron chi connectivity index (χ3n) is 3.33. The molecule has 0 aromatic carbocycles. The van der Waals surface area contributed by atoms with Gasteiger partial charge in [-0.1, -0.05) is 6.92 Å². The number of carbonyl (C=O) groups is 1. The Balaban J connectivity index is 2.40. The maximum absolute atomic E-state index is 11.7. The van der Waals surface area contributed by atoms with Crippen molar-refractivity contribution in [2.75, 3.05) is 30.5 Å². The maximum Gasteiger partial charge on any atom is 0.230 e. The molecule has 8 heteroatoms. The molecule has 0 bridgehead atoms. The summed E-state index contributed by atoms with van der Waals surface area (Å²) in [5, 5.41) is 21.0. The number of aliphatic hydroxyl groups is 2. The van der Waals surface area contributed by atoms with Gasteiger partial charge in [-0.05, 0) is 12.8 Å². The molecule has 6 nitrogen and oxygen atoms in total. The summed E-state index contributed by atoms with van der Waals surface area (Å²) in [6.45, 7) is 1.12. The average molecular weight is 311 g/mol. The lowest BCUT2D eigenvalue weighted by Crippen LogP contribution is -2.54. The second-order valence-electron chi connectivity index (χ2n) is 4.83. The summed E-state index contributed by atoms with van der Waals surface area (Å²) in [5.41, 5.74) is -0.987. The number of amides is 1. The molecule has 1 amide bonds. The van der Waals surface area contributed by atoms with Crippen LogP contribution in [0.4, 0.5) is 0 Å². The summed E-state index contributed by atoms with van der Waals surface area (Å²) in [4.78, 5) is 11.7. The molecule has 1 rings (SSSR count). The Bertz CT molecular complexity index is 397. The van der Waals surface area contributed by atoms with Crippen LogP contribution in [0, 0.1) is 0 Å². The van der Waals surface area contributed by atoms with Crippen molar-refractivity contribution in [2.45, 2.75) is 30.6 Å². The highest BCUT2D eigenvalue weighted by Crippen LogP contribution is 2.24. The zero-order valence-corrected chi connectivity index (χ0v) is 12.6. The third-order valence-corrected chi connectivity index (χ3v) is 6.61. The normalized spacial score (nSPS) is 22.4. The van der Waals surface area contributed by atoms with Crippen molar-refractivity contribution in [2.24, 2.45) is 0 Å². The summed E-state index contributed by atoms with van der Waals surface area (Å²) in [5.74, 6) is 0.170. The fraction of sp³-hybridized carbons (Fsp3) is 0.909. The van der Waals surface area contributed by atoms with Gasteiger partial charge in [0.2, 0.25) is 5.91 Å². The molecule has 3 N–H and O–H groups in total. The third kappa shape index (κ3) is 4.94. The van der Waals surface area contributed by atoms with Crippen LogP contribution in [0.5, 0.6) is 0 Å². The molecule has 0 aliphatic carbocycles. The van der Waals surface area contributed by atoms with E-state index in [-0.39, 0.29) is 41.6 Å². The van der Waals surface area contributed by atoms with Crippen molar-refractivity contribution in [3.05, 3.63) is 0 Å². The molecule has 112 valence electrons. The van der Waals surface area contributed by atoms with Gasteiger partial charge in [0.1, 0.15) is 0 Å². The Labute approximate surface area is 117 Å². The van der Waals surface area contributed by atoms with Crippen molar-refractivity contribution >= 4 is 27.5 Å². The van der Waals surface area contributed by atoms with Crippen molar-refractivity contribution in [1.82, 2.24) is 5.32 Å². The van der Waals surface area contributed by atoms with E-state index in [1.807, 2.05) is 0 Å².